The summed E-state index contributed by atoms with van der Waals surface area (Å²) in [5, 5.41) is 15.6. The summed E-state index contributed by atoms with van der Waals surface area (Å²) in [7, 11) is 0. The molecule has 0 aromatic heterocycles. The van der Waals surface area contributed by atoms with Crippen LogP contribution in [0.15, 0.2) is 0 Å². The third kappa shape index (κ3) is 30.7. The summed E-state index contributed by atoms with van der Waals surface area (Å²) >= 11 is 0. The van der Waals surface area contributed by atoms with Gasteiger partial charge in [-0.1, -0.05) is 6.92 Å². The fourth-order valence-electron chi connectivity index (χ4n) is 0.572. The van der Waals surface area contributed by atoms with Crippen molar-refractivity contribution in [3.05, 3.63) is 0 Å². The van der Waals surface area contributed by atoms with Crippen molar-refractivity contribution in [3.63, 3.8) is 0 Å². The van der Waals surface area contributed by atoms with Crippen LogP contribution in [0.4, 0.5) is 0 Å². The fourth-order valence-corrected chi connectivity index (χ4v) is 0.572. The second kappa shape index (κ2) is 11.9. The molecule has 0 aliphatic rings. The van der Waals surface area contributed by atoms with Gasteiger partial charge in [0.25, 0.3) is 5.97 Å². The van der Waals surface area contributed by atoms with Crippen molar-refractivity contribution in [2.24, 2.45) is 0 Å². The van der Waals surface area contributed by atoms with E-state index in [-0.39, 0.29) is 6.42 Å². The molecule has 0 spiro atoms. The van der Waals surface area contributed by atoms with E-state index in [1.54, 1.807) is 0 Å². The zero-order valence-electron chi connectivity index (χ0n) is 8.65. The Labute approximate surface area is 83.7 Å². The SMILES string of the molecule is CC(=O)O.CCCOCCCC(=O)O. The van der Waals surface area contributed by atoms with E-state index in [1.165, 1.54) is 0 Å². The van der Waals surface area contributed by atoms with Gasteiger partial charge < -0.3 is 14.9 Å². The highest BCUT2D eigenvalue weighted by Crippen LogP contribution is 1.90. The number of aliphatic carboxylic acids is 2. The quantitative estimate of drug-likeness (QED) is 0.641. The summed E-state index contributed by atoms with van der Waals surface area (Å²) < 4.78 is 5.07. The van der Waals surface area contributed by atoms with Crippen molar-refractivity contribution in [3.8, 4) is 0 Å². The van der Waals surface area contributed by atoms with Crippen LogP contribution in [0.25, 0.3) is 0 Å². The van der Waals surface area contributed by atoms with Gasteiger partial charge in [0.1, 0.15) is 0 Å². The second-order valence-corrected chi connectivity index (χ2v) is 2.63. The standard InChI is InChI=1S/C7H14O3.C2H4O2/c1-2-5-10-6-3-4-7(8)9;1-2(3)4/h2-6H2,1H3,(H,8,9);1H3,(H,3,4). The van der Waals surface area contributed by atoms with Gasteiger partial charge in [-0.15, -0.1) is 0 Å². The van der Waals surface area contributed by atoms with Crippen LogP contribution in [0.5, 0.6) is 0 Å². The first-order valence-electron chi connectivity index (χ1n) is 4.49. The van der Waals surface area contributed by atoms with E-state index < -0.39 is 11.9 Å². The molecule has 5 heteroatoms. The largest absolute Gasteiger partial charge is 0.481 e. The lowest BCUT2D eigenvalue weighted by Gasteiger charge is -1.98. The average molecular weight is 206 g/mol. The van der Waals surface area contributed by atoms with E-state index in [9.17, 15) is 4.79 Å². The number of hydrogen-bond acceptors (Lipinski definition) is 3. The third-order valence-corrected chi connectivity index (χ3v) is 1.03. The van der Waals surface area contributed by atoms with Gasteiger partial charge in [-0.05, 0) is 12.8 Å². The lowest BCUT2D eigenvalue weighted by Crippen LogP contribution is -2.00. The van der Waals surface area contributed by atoms with E-state index >= 15 is 0 Å². The van der Waals surface area contributed by atoms with E-state index in [0.717, 1.165) is 20.0 Å². The number of hydrogen-bond donors (Lipinski definition) is 2. The van der Waals surface area contributed by atoms with E-state index in [2.05, 4.69) is 0 Å². The summed E-state index contributed by atoms with van der Waals surface area (Å²) in [5.74, 6) is -1.58. The van der Waals surface area contributed by atoms with Crippen molar-refractivity contribution in [1.82, 2.24) is 0 Å². The summed E-state index contributed by atoms with van der Waals surface area (Å²) in [6, 6.07) is 0. The normalized spacial score (nSPS) is 8.71. The van der Waals surface area contributed by atoms with Crippen molar-refractivity contribution in [2.45, 2.75) is 33.1 Å². The van der Waals surface area contributed by atoms with Gasteiger partial charge in [0, 0.05) is 26.6 Å². The molecular weight excluding hydrogens is 188 g/mol. The molecule has 0 aromatic carbocycles. The molecule has 0 atom stereocenters. The monoisotopic (exact) mass is 206 g/mol. The van der Waals surface area contributed by atoms with Crippen LogP contribution in [0, 0.1) is 0 Å². The van der Waals surface area contributed by atoms with Crippen LogP contribution in [0.3, 0.4) is 0 Å². The Balaban J connectivity index is 0. The first kappa shape index (κ1) is 15.4. The molecule has 0 aromatic rings. The Bertz CT molecular complexity index is 151. The highest BCUT2D eigenvalue weighted by molar-refractivity contribution is 5.66. The molecule has 0 amide bonds. The molecule has 0 rings (SSSR count). The smallest absolute Gasteiger partial charge is 0.303 e. The molecule has 84 valence electrons. The molecular formula is C9H18O5. The topological polar surface area (TPSA) is 83.8 Å². The molecule has 0 aliphatic heterocycles. The Morgan fingerprint density at radius 2 is 1.71 bits per heavy atom. The number of ether oxygens (including phenoxy) is 1. The van der Waals surface area contributed by atoms with Crippen LogP contribution in [-0.4, -0.2) is 35.4 Å². The summed E-state index contributed by atoms with van der Waals surface area (Å²) in [4.78, 5) is 19.0. The van der Waals surface area contributed by atoms with Crippen molar-refractivity contribution in [2.75, 3.05) is 13.2 Å². The number of carboxylic acid groups (broad SMARTS) is 2. The first-order chi connectivity index (χ1) is 6.50. The summed E-state index contributed by atoms with van der Waals surface area (Å²) in [6.45, 7) is 4.41. The fraction of sp³-hybridized carbons (Fsp3) is 0.778. The third-order valence-electron chi connectivity index (χ3n) is 1.03. The number of carboxylic acids is 2. The van der Waals surface area contributed by atoms with Crippen LogP contribution in [0.2, 0.25) is 0 Å². The maximum Gasteiger partial charge on any atom is 0.303 e. The predicted molar refractivity (Wildman–Crippen MR) is 51.3 cm³/mol. The minimum absolute atomic E-state index is 0.212. The van der Waals surface area contributed by atoms with Gasteiger partial charge in [-0.25, -0.2) is 0 Å². The zero-order chi connectivity index (χ0) is 11.4. The molecule has 14 heavy (non-hydrogen) atoms. The molecule has 0 heterocycles. The lowest BCUT2D eigenvalue weighted by atomic mass is 10.3. The van der Waals surface area contributed by atoms with Crippen LogP contribution in [-0.2, 0) is 14.3 Å². The van der Waals surface area contributed by atoms with E-state index in [0.29, 0.717) is 13.0 Å². The summed E-state index contributed by atoms with van der Waals surface area (Å²) in [5.41, 5.74) is 0. The van der Waals surface area contributed by atoms with Crippen molar-refractivity contribution < 1.29 is 24.5 Å². The van der Waals surface area contributed by atoms with Crippen LogP contribution in [0.1, 0.15) is 33.1 Å². The Kier molecular flexibility index (Phi) is 13.1. The van der Waals surface area contributed by atoms with Crippen molar-refractivity contribution in [1.29, 1.82) is 0 Å². The Morgan fingerprint density at radius 3 is 2.07 bits per heavy atom. The van der Waals surface area contributed by atoms with Gasteiger partial charge in [0.15, 0.2) is 0 Å². The summed E-state index contributed by atoms with van der Waals surface area (Å²) in [6.07, 6.45) is 1.83. The average Bonchev–Trinajstić information content (AvgIpc) is 2.02. The van der Waals surface area contributed by atoms with Crippen LogP contribution < -0.4 is 0 Å². The number of rotatable bonds is 6. The van der Waals surface area contributed by atoms with Gasteiger partial charge in [0.2, 0.25) is 0 Å². The highest BCUT2D eigenvalue weighted by Gasteiger charge is 1.94. The van der Waals surface area contributed by atoms with Gasteiger partial charge in [-0.2, -0.15) is 0 Å². The second-order valence-electron chi connectivity index (χ2n) is 2.63. The first-order valence-corrected chi connectivity index (χ1v) is 4.49. The maximum atomic E-state index is 9.98. The van der Waals surface area contributed by atoms with Crippen molar-refractivity contribution >= 4 is 11.9 Å². The molecule has 2 N–H and O–H groups in total. The van der Waals surface area contributed by atoms with E-state index in [4.69, 9.17) is 19.7 Å². The lowest BCUT2D eigenvalue weighted by molar-refractivity contribution is -0.137. The minimum atomic E-state index is -0.833. The molecule has 0 bridgehead atoms. The predicted octanol–water partition coefficient (Wildman–Crippen LogP) is 1.37. The van der Waals surface area contributed by atoms with Gasteiger partial charge >= 0.3 is 5.97 Å². The number of carbonyl (C=O) groups is 2. The minimum Gasteiger partial charge on any atom is -0.481 e. The molecule has 0 saturated heterocycles. The zero-order valence-corrected chi connectivity index (χ0v) is 8.65. The Hall–Kier alpha value is -1.10. The molecule has 0 aliphatic carbocycles. The Morgan fingerprint density at radius 1 is 1.21 bits per heavy atom. The molecule has 5 nitrogen and oxygen atoms in total. The molecule has 0 unspecified atom stereocenters. The van der Waals surface area contributed by atoms with E-state index in [1.807, 2.05) is 6.92 Å². The van der Waals surface area contributed by atoms with Gasteiger partial charge in [-0.3, -0.25) is 9.59 Å². The molecule has 0 radical (unpaired) electrons. The van der Waals surface area contributed by atoms with Crippen LogP contribution >= 0.6 is 0 Å². The molecule has 0 saturated carbocycles. The molecule has 0 fully saturated rings. The highest BCUT2D eigenvalue weighted by atomic mass is 16.5. The van der Waals surface area contributed by atoms with Gasteiger partial charge in [0.05, 0.1) is 0 Å². The maximum absolute atomic E-state index is 9.98.